The molecular formula is C17H26BNO4. The molecule has 0 saturated carbocycles. The Morgan fingerprint density at radius 1 is 1.13 bits per heavy atom. The Morgan fingerprint density at radius 2 is 1.65 bits per heavy atom. The fraction of sp³-hybridized carbons (Fsp3) is 0.588. The summed E-state index contributed by atoms with van der Waals surface area (Å²) >= 11 is 0. The minimum atomic E-state index is -0.371. The average molecular weight is 319 g/mol. The Balaban J connectivity index is 2.04. The molecule has 1 aliphatic heterocycles. The molecule has 0 aromatic heterocycles. The maximum atomic E-state index is 11.5. The summed E-state index contributed by atoms with van der Waals surface area (Å²) in [5.74, 6) is -0.231. The standard InChI is InChI=1S/C17H26BNO4/c1-7-21-15(20)12-19(6)14-10-8-13(9-11-14)18-22-16(2,3)17(4,5)23-18/h8-11H,7,12H2,1-6H3. The van der Waals surface area contributed by atoms with Gasteiger partial charge in [0, 0.05) is 12.7 Å². The molecule has 1 saturated heterocycles. The molecule has 0 aliphatic carbocycles. The van der Waals surface area contributed by atoms with Crippen molar-refractivity contribution in [3.63, 3.8) is 0 Å². The van der Waals surface area contributed by atoms with Gasteiger partial charge in [-0.2, -0.15) is 0 Å². The van der Waals surface area contributed by atoms with E-state index < -0.39 is 0 Å². The minimum Gasteiger partial charge on any atom is -0.465 e. The van der Waals surface area contributed by atoms with Gasteiger partial charge in [-0.05, 0) is 52.2 Å². The van der Waals surface area contributed by atoms with Crippen LogP contribution in [0.3, 0.4) is 0 Å². The first-order chi connectivity index (χ1) is 10.7. The zero-order valence-corrected chi connectivity index (χ0v) is 14.9. The third kappa shape index (κ3) is 3.87. The predicted molar refractivity (Wildman–Crippen MR) is 92.1 cm³/mol. The van der Waals surface area contributed by atoms with Crippen LogP contribution >= 0.6 is 0 Å². The van der Waals surface area contributed by atoms with Crippen molar-refractivity contribution >= 4 is 24.2 Å². The van der Waals surface area contributed by atoms with Gasteiger partial charge in [0.05, 0.1) is 17.8 Å². The summed E-state index contributed by atoms with van der Waals surface area (Å²) in [6.07, 6.45) is 0. The fourth-order valence-corrected chi connectivity index (χ4v) is 2.36. The van der Waals surface area contributed by atoms with Crippen molar-refractivity contribution in [3.8, 4) is 0 Å². The zero-order chi connectivity index (χ0) is 17.3. The number of hydrogen-bond acceptors (Lipinski definition) is 5. The summed E-state index contributed by atoms with van der Waals surface area (Å²) in [6.45, 7) is 10.6. The van der Waals surface area contributed by atoms with Crippen LogP contribution in [0.4, 0.5) is 5.69 Å². The highest BCUT2D eigenvalue weighted by Gasteiger charge is 2.51. The van der Waals surface area contributed by atoms with Gasteiger partial charge < -0.3 is 18.9 Å². The Kier molecular flexibility index (Phi) is 5.06. The number of ether oxygens (including phenoxy) is 1. The lowest BCUT2D eigenvalue weighted by Gasteiger charge is -2.32. The highest BCUT2D eigenvalue weighted by atomic mass is 16.7. The van der Waals surface area contributed by atoms with Gasteiger partial charge in [0.25, 0.3) is 0 Å². The summed E-state index contributed by atoms with van der Waals surface area (Å²) in [4.78, 5) is 13.4. The molecule has 0 amide bonds. The molecule has 0 bridgehead atoms. The number of likely N-dealkylation sites (N-methyl/N-ethyl adjacent to an activating group) is 1. The van der Waals surface area contributed by atoms with Crippen molar-refractivity contribution in [3.05, 3.63) is 24.3 Å². The number of hydrogen-bond donors (Lipinski definition) is 0. The van der Waals surface area contributed by atoms with Gasteiger partial charge >= 0.3 is 13.1 Å². The van der Waals surface area contributed by atoms with E-state index in [1.165, 1.54) is 0 Å². The zero-order valence-electron chi connectivity index (χ0n) is 14.9. The van der Waals surface area contributed by atoms with Crippen LogP contribution in [-0.2, 0) is 18.8 Å². The molecule has 0 radical (unpaired) electrons. The molecule has 126 valence electrons. The number of rotatable bonds is 5. The second kappa shape index (κ2) is 6.53. The first-order valence-corrected chi connectivity index (χ1v) is 7.98. The lowest BCUT2D eigenvalue weighted by atomic mass is 9.79. The third-order valence-corrected chi connectivity index (χ3v) is 4.53. The quantitative estimate of drug-likeness (QED) is 0.613. The number of nitrogens with zero attached hydrogens (tertiary/aromatic N) is 1. The molecule has 1 heterocycles. The van der Waals surface area contributed by atoms with E-state index in [1.54, 1.807) is 6.92 Å². The van der Waals surface area contributed by atoms with Crippen molar-refractivity contribution in [1.29, 1.82) is 0 Å². The molecule has 2 rings (SSSR count). The van der Waals surface area contributed by atoms with Gasteiger partial charge in [0.15, 0.2) is 0 Å². The number of carbonyl (C=O) groups excluding carboxylic acids is 1. The highest BCUT2D eigenvalue weighted by molar-refractivity contribution is 6.62. The molecule has 23 heavy (non-hydrogen) atoms. The van der Waals surface area contributed by atoms with Gasteiger partial charge in [-0.3, -0.25) is 4.79 Å². The van der Waals surface area contributed by atoms with E-state index in [2.05, 4.69) is 0 Å². The van der Waals surface area contributed by atoms with Gasteiger partial charge in [-0.15, -0.1) is 0 Å². The van der Waals surface area contributed by atoms with Crippen LogP contribution in [0.1, 0.15) is 34.6 Å². The second-order valence-electron chi connectivity index (χ2n) is 6.84. The number of benzene rings is 1. The molecule has 6 heteroatoms. The van der Waals surface area contributed by atoms with Gasteiger partial charge in [-0.1, -0.05) is 12.1 Å². The van der Waals surface area contributed by atoms with Crippen LogP contribution in [0.2, 0.25) is 0 Å². The van der Waals surface area contributed by atoms with E-state index in [0.29, 0.717) is 6.61 Å². The molecular weight excluding hydrogens is 293 g/mol. The van der Waals surface area contributed by atoms with E-state index in [4.69, 9.17) is 14.0 Å². The van der Waals surface area contributed by atoms with Crippen LogP contribution in [-0.4, -0.2) is 44.5 Å². The van der Waals surface area contributed by atoms with Gasteiger partial charge in [0.2, 0.25) is 0 Å². The Hall–Kier alpha value is -1.53. The SMILES string of the molecule is CCOC(=O)CN(C)c1ccc(B2OC(C)(C)C(C)(C)O2)cc1. The van der Waals surface area contributed by atoms with E-state index in [9.17, 15) is 4.79 Å². The number of esters is 1. The highest BCUT2D eigenvalue weighted by Crippen LogP contribution is 2.36. The molecule has 1 aromatic rings. The Morgan fingerprint density at radius 3 is 2.13 bits per heavy atom. The molecule has 1 aromatic carbocycles. The summed E-state index contributed by atoms with van der Waals surface area (Å²) in [5.41, 5.74) is 1.21. The fourth-order valence-electron chi connectivity index (χ4n) is 2.36. The first-order valence-electron chi connectivity index (χ1n) is 7.98. The largest absolute Gasteiger partial charge is 0.494 e. The maximum Gasteiger partial charge on any atom is 0.494 e. The summed E-state index contributed by atoms with van der Waals surface area (Å²) < 4.78 is 17.0. The smallest absolute Gasteiger partial charge is 0.465 e. The molecule has 0 spiro atoms. The van der Waals surface area contributed by atoms with E-state index >= 15 is 0 Å². The second-order valence-corrected chi connectivity index (χ2v) is 6.84. The summed E-state index contributed by atoms with van der Waals surface area (Å²) in [5, 5.41) is 0. The summed E-state index contributed by atoms with van der Waals surface area (Å²) in [6, 6.07) is 7.86. The molecule has 0 atom stereocenters. The van der Waals surface area contributed by atoms with Crippen molar-refractivity contribution in [2.45, 2.75) is 45.8 Å². The van der Waals surface area contributed by atoms with Crippen molar-refractivity contribution < 1.29 is 18.8 Å². The van der Waals surface area contributed by atoms with Crippen LogP contribution in [0, 0.1) is 0 Å². The normalized spacial score (nSPS) is 18.8. The van der Waals surface area contributed by atoms with Crippen LogP contribution in [0.25, 0.3) is 0 Å². The Labute approximate surface area is 139 Å². The topological polar surface area (TPSA) is 48.0 Å². The molecule has 1 aliphatic rings. The average Bonchev–Trinajstić information content (AvgIpc) is 2.68. The first kappa shape index (κ1) is 17.8. The van der Waals surface area contributed by atoms with Crippen LogP contribution in [0.5, 0.6) is 0 Å². The van der Waals surface area contributed by atoms with E-state index in [-0.39, 0.29) is 30.8 Å². The molecule has 5 nitrogen and oxygen atoms in total. The molecule has 0 N–H and O–H groups in total. The number of carbonyl (C=O) groups is 1. The lowest BCUT2D eigenvalue weighted by Crippen LogP contribution is -2.41. The van der Waals surface area contributed by atoms with E-state index in [0.717, 1.165) is 11.2 Å². The van der Waals surface area contributed by atoms with E-state index in [1.807, 2.05) is 63.9 Å². The maximum absolute atomic E-state index is 11.5. The van der Waals surface area contributed by atoms with Crippen molar-refractivity contribution in [2.75, 3.05) is 25.1 Å². The van der Waals surface area contributed by atoms with Crippen LogP contribution in [0.15, 0.2) is 24.3 Å². The minimum absolute atomic E-state index is 0.226. The third-order valence-electron chi connectivity index (χ3n) is 4.53. The summed E-state index contributed by atoms with van der Waals surface area (Å²) in [7, 11) is 1.49. The van der Waals surface area contributed by atoms with Crippen molar-refractivity contribution in [1.82, 2.24) is 0 Å². The molecule has 0 unspecified atom stereocenters. The van der Waals surface area contributed by atoms with Gasteiger partial charge in [-0.25, -0.2) is 0 Å². The lowest BCUT2D eigenvalue weighted by molar-refractivity contribution is -0.141. The van der Waals surface area contributed by atoms with Crippen molar-refractivity contribution in [2.24, 2.45) is 0 Å². The predicted octanol–water partition coefficient (Wildman–Crippen LogP) is 1.99. The van der Waals surface area contributed by atoms with Gasteiger partial charge in [0.1, 0.15) is 6.54 Å². The van der Waals surface area contributed by atoms with Crippen LogP contribution < -0.4 is 10.4 Å². The molecule has 1 fully saturated rings. The monoisotopic (exact) mass is 319 g/mol. The number of anilines is 1. The Bertz CT molecular complexity index is 540.